The summed E-state index contributed by atoms with van der Waals surface area (Å²) in [5, 5.41) is 9.11. The second-order valence-corrected chi connectivity index (χ2v) is 6.89. The molecule has 1 atom stereocenters. The maximum absolute atomic E-state index is 12.4. The SMILES string of the molecule is CC(C)CC(=O)Nc1ccc(NC(=O)C2(C)CCCCN2)cc1. The number of benzene rings is 1. The van der Waals surface area contributed by atoms with Crippen molar-refractivity contribution < 1.29 is 9.59 Å². The van der Waals surface area contributed by atoms with E-state index in [9.17, 15) is 9.59 Å². The Morgan fingerprint density at radius 2 is 1.74 bits per heavy atom. The van der Waals surface area contributed by atoms with Crippen LogP contribution in [-0.2, 0) is 9.59 Å². The van der Waals surface area contributed by atoms with Crippen LogP contribution in [0.15, 0.2) is 24.3 Å². The lowest BCUT2D eigenvalue weighted by Crippen LogP contribution is -2.54. The number of carbonyl (C=O) groups excluding carboxylic acids is 2. The van der Waals surface area contributed by atoms with Crippen molar-refractivity contribution in [1.82, 2.24) is 5.32 Å². The Morgan fingerprint density at radius 1 is 1.13 bits per heavy atom. The highest BCUT2D eigenvalue weighted by atomic mass is 16.2. The molecule has 0 bridgehead atoms. The smallest absolute Gasteiger partial charge is 0.244 e. The number of nitrogens with one attached hydrogen (secondary N) is 3. The van der Waals surface area contributed by atoms with E-state index in [4.69, 9.17) is 0 Å². The van der Waals surface area contributed by atoms with Gasteiger partial charge in [-0.3, -0.25) is 9.59 Å². The molecule has 23 heavy (non-hydrogen) atoms. The molecular weight excluding hydrogens is 290 g/mol. The van der Waals surface area contributed by atoms with Gasteiger partial charge in [0.1, 0.15) is 0 Å². The average molecular weight is 317 g/mol. The summed E-state index contributed by atoms with van der Waals surface area (Å²) in [6, 6.07) is 7.25. The van der Waals surface area contributed by atoms with Gasteiger partial charge in [-0.15, -0.1) is 0 Å². The minimum Gasteiger partial charge on any atom is -0.326 e. The van der Waals surface area contributed by atoms with E-state index in [1.165, 1.54) is 0 Å². The van der Waals surface area contributed by atoms with Gasteiger partial charge in [-0.05, 0) is 62.9 Å². The van der Waals surface area contributed by atoms with Crippen LogP contribution in [0.4, 0.5) is 11.4 Å². The molecule has 1 fully saturated rings. The number of piperidine rings is 1. The van der Waals surface area contributed by atoms with Crippen LogP contribution in [0.25, 0.3) is 0 Å². The Labute approximate surface area is 138 Å². The van der Waals surface area contributed by atoms with Gasteiger partial charge in [-0.2, -0.15) is 0 Å². The molecule has 0 aromatic heterocycles. The van der Waals surface area contributed by atoms with Crippen LogP contribution in [0.1, 0.15) is 46.5 Å². The van der Waals surface area contributed by atoms with E-state index in [0.29, 0.717) is 12.3 Å². The van der Waals surface area contributed by atoms with Crippen molar-refractivity contribution in [2.24, 2.45) is 5.92 Å². The first-order valence-electron chi connectivity index (χ1n) is 8.35. The van der Waals surface area contributed by atoms with E-state index in [2.05, 4.69) is 16.0 Å². The molecule has 0 saturated carbocycles. The third-order valence-electron chi connectivity index (χ3n) is 4.14. The van der Waals surface area contributed by atoms with Crippen molar-refractivity contribution in [2.75, 3.05) is 17.2 Å². The topological polar surface area (TPSA) is 70.2 Å². The summed E-state index contributed by atoms with van der Waals surface area (Å²) in [5.74, 6) is 0.335. The molecule has 2 amide bonds. The summed E-state index contributed by atoms with van der Waals surface area (Å²) in [4.78, 5) is 24.2. The summed E-state index contributed by atoms with van der Waals surface area (Å²) >= 11 is 0. The highest BCUT2D eigenvalue weighted by Crippen LogP contribution is 2.21. The second-order valence-electron chi connectivity index (χ2n) is 6.89. The van der Waals surface area contributed by atoms with Gasteiger partial charge in [0.05, 0.1) is 5.54 Å². The van der Waals surface area contributed by atoms with Crippen LogP contribution in [0, 0.1) is 5.92 Å². The van der Waals surface area contributed by atoms with E-state index in [1.807, 2.05) is 45.0 Å². The zero-order valence-electron chi connectivity index (χ0n) is 14.2. The highest BCUT2D eigenvalue weighted by molar-refractivity contribution is 5.98. The van der Waals surface area contributed by atoms with Crippen LogP contribution < -0.4 is 16.0 Å². The predicted octanol–water partition coefficient (Wildman–Crippen LogP) is 3.14. The Kier molecular flexibility index (Phi) is 5.77. The lowest BCUT2D eigenvalue weighted by Gasteiger charge is -2.33. The average Bonchev–Trinajstić information content (AvgIpc) is 2.49. The van der Waals surface area contributed by atoms with Gasteiger partial charge in [0.2, 0.25) is 11.8 Å². The molecule has 1 saturated heterocycles. The summed E-state index contributed by atoms with van der Waals surface area (Å²) in [6.07, 6.45) is 3.54. The number of rotatable bonds is 5. The maximum Gasteiger partial charge on any atom is 0.244 e. The molecule has 1 unspecified atom stereocenters. The maximum atomic E-state index is 12.4. The summed E-state index contributed by atoms with van der Waals surface area (Å²) in [5.41, 5.74) is 0.990. The molecule has 1 aromatic carbocycles. The number of carbonyl (C=O) groups is 2. The monoisotopic (exact) mass is 317 g/mol. The Hall–Kier alpha value is -1.88. The van der Waals surface area contributed by atoms with Crippen LogP contribution in [0.2, 0.25) is 0 Å². The molecule has 5 heteroatoms. The number of anilines is 2. The standard InChI is InChI=1S/C18H27N3O2/c1-13(2)12-16(22)20-14-6-8-15(9-7-14)21-17(23)18(3)10-4-5-11-19-18/h6-9,13,19H,4-5,10-12H2,1-3H3,(H,20,22)(H,21,23). The van der Waals surface area contributed by atoms with E-state index in [0.717, 1.165) is 37.2 Å². The first-order valence-corrected chi connectivity index (χ1v) is 8.35. The normalized spacial score (nSPS) is 21.0. The molecule has 126 valence electrons. The summed E-state index contributed by atoms with van der Waals surface area (Å²) < 4.78 is 0. The fraction of sp³-hybridized carbons (Fsp3) is 0.556. The van der Waals surface area contributed by atoms with Gasteiger partial charge in [-0.25, -0.2) is 0 Å². The predicted molar refractivity (Wildman–Crippen MR) is 93.4 cm³/mol. The van der Waals surface area contributed by atoms with Gasteiger partial charge in [0.15, 0.2) is 0 Å². The quantitative estimate of drug-likeness (QED) is 0.781. The minimum atomic E-state index is -0.498. The highest BCUT2D eigenvalue weighted by Gasteiger charge is 2.34. The molecule has 1 aliphatic rings. The Bertz CT molecular complexity index is 546. The van der Waals surface area contributed by atoms with E-state index in [1.54, 1.807) is 0 Å². The zero-order valence-corrected chi connectivity index (χ0v) is 14.2. The lowest BCUT2D eigenvalue weighted by atomic mass is 9.90. The van der Waals surface area contributed by atoms with Crippen LogP contribution in [0.3, 0.4) is 0 Å². The molecule has 3 N–H and O–H groups in total. The van der Waals surface area contributed by atoms with Crippen molar-refractivity contribution in [2.45, 2.75) is 52.0 Å². The van der Waals surface area contributed by atoms with Crippen LogP contribution in [-0.4, -0.2) is 23.9 Å². The lowest BCUT2D eigenvalue weighted by molar-refractivity contribution is -0.122. The first kappa shape index (κ1) is 17.5. The van der Waals surface area contributed by atoms with E-state index in [-0.39, 0.29) is 11.8 Å². The van der Waals surface area contributed by atoms with E-state index >= 15 is 0 Å². The number of hydrogen-bond acceptors (Lipinski definition) is 3. The van der Waals surface area contributed by atoms with Gasteiger partial charge >= 0.3 is 0 Å². The molecule has 5 nitrogen and oxygen atoms in total. The largest absolute Gasteiger partial charge is 0.326 e. The Morgan fingerprint density at radius 3 is 2.26 bits per heavy atom. The van der Waals surface area contributed by atoms with Crippen molar-refractivity contribution in [3.8, 4) is 0 Å². The minimum absolute atomic E-state index is 0.00575. The van der Waals surface area contributed by atoms with Gasteiger partial charge in [-0.1, -0.05) is 13.8 Å². The number of hydrogen-bond donors (Lipinski definition) is 3. The molecule has 1 aliphatic heterocycles. The van der Waals surface area contributed by atoms with Gasteiger partial charge in [0.25, 0.3) is 0 Å². The van der Waals surface area contributed by atoms with Crippen molar-refractivity contribution in [3.05, 3.63) is 24.3 Å². The second kappa shape index (κ2) is 7.59. The van der Waals surface area contributed by atoms with Crippen molar-refractivity contribution in [1.29, 1.82) is 0 Å². The summed E-state index contributed by atoms with van der Waals surface area (Å²) in [7, 11) is 0. The first-order chi connectivity index (χ1) is 10.9. The van der Waals surface area contributed by atoms with Crippen molar-refractivity contribution >= 4 is 23.2 Å². The van der Waals surface area contributed by atoms with Crippen molar-refractivity contribution in [3.63, 3.8) is 0 Å². The van der Waals surface area contributed by atoms with E-state index < -0.39 is 5.54 Å². The third-order valence-corrected chi connectivity index (χ3v) is 4.14. The molecular formula is C18H27N3O2. The van der Waals surface area contributed by atoms with Crippen LogP contribution in [0.5, 0.6) is 0 Å². The van der Waals surface area contributed by atoms with Gasteiger partial charge < -0.3 is 16.0 Å². The number of amides is 2. The summed E-state index contributed by atoms with van der Waals surface area (Å²) in [6.45, 7) is 6.85. The van der Waals surface area contributed by atoms with Crippen LogP contribution >= 0.6 is 0 Å². The molecule has 0 radical (unpaired) electrons. The molecule has 1 aromatic rings. The molecule has 0 spiro atoms. The fourth-order valence-electron chi connectivity index (χ4n) is 2.74. The molecule has 1 heterocycles. The molecule has 0 aliphatic carbocycles. The van der Waals surface area contributed by atoms with Gasteiger partial charge in [0, 0.05) is 17.8 Å². The zero-order chi connectivity index (χ0) is 16.9. The molecule has 2 rings (SSSR count). The Balaban J connectivity index is 1.92. The third kappa shape index (κ3) is 5.06. The fourth-order valence-corrected chi connectivity index (χ4v) is 2.74.